The van der Waals surface area contributed by atoms with Gasteiger partial charge in [0.15, 0.2) is 0 Å². The van der Waals surface area contributed by atoms with Gasteiger partial charge in [-0.1, -0.05) is 6.07 Å². The third kappa shape index (κ3) is 2.38. The average molecular weight is 212 g/mol. The summed E-state index contributed by atoms with van der Waals surface area (Å²) in [5.41, 5.74) is 0. The molecule has 0 aromatic carbocycles. The quantitative estimate of drug-likeness (QED) is 0.664. The second-order valence-corrected chi connectivity index (χ2v) is 4.50. The summed E-state index contributed by atoms with van der Waals surface area (Å²) in [4.78, 5) is 6.04. The molecule has 1 aromatic heterocycles. The molecule has 0 unspecified atom stereocenters. The minimum absolute atomic E-state index is 0.389. The Hall–Kier alpha value is -0.770. The average Bonchev–Trinajstić information content (AvgIpc) is 2.45. The van der Waals surface area contributed by atoms with Gasteiger partial charge in [-0.05, 0) is 24.3 Å². The molecule has 0 radical (unpaired) electrons. The number of anilines is 1. The topological polar surface area (TPSA) is 16.1 Å². The molecule has 1 aliphatic heterocycles. The van der Waals surface area contributed by atoms with Gasteiger partial charge in [0.05, 0.1) is 0 Å². The first-order valence-electron chi connectivity index (χ1n) is 4.81. The maximum atomic E-state index is 12.9. The molecular formula is C10H13FN2S. The SMILES string of the molecule is Fc1cccc(N2CCCSCC2)n1. The molecule has 0 atom stereocenters. The number of rotatable bonds is 1. The second kappa shape index (κ2) is 4.64. The fraction of sp³-hybridized carbons (Fsp3) is 0.500. The van der Waals surface area contributed by atoms with E-state index in [9.17, 15) is 4.39 Å². The molecule has 0 amide bonds. The molecule has 0 N–H and O–H groups in total. The molecule has 2 heterocycles. The number of pyridine rings is 1. The van der Waals surface area contributed by atoms with Crippen molar-refractivity contribution in [3.05, 3.63) is 24.1 Å². The molecule has 2 rings (SSSR count). The number of hydrogen-bond acceptors (Lipinski definition) is 3. The first kappa shape index (κ1) is 9.77. The van der Waals surface area contributed by atoms with Crippen molar-refractivity contribution in [3.8, 4) is 0 Å². The number of hydrogen-bond donors (Lipinski definition) is 0. The molecule has 2 nitrogen and oxygen atoms in total. The minimum atomic E-state index is -0.389. The predicted octanol–water partition coefficient (Wildman–Crippen LogP) is 2.16. The first-order valence-corrected chi connectivity index (χ1v) is 5.97. The van der Waals surface area contributed by atoms with Gasteiger partial charge < -0.3 is 4.90 Å². The Labute approximate surface area is 87.5 Å². The van der Waals surface area contributed by atoms with E-state index < -0.39 is 0 Å². The molecule has 1 saturated heterocycles. The van der Waals surface area contributed by atoms with Crippen LogP contribution in [-0.2, 0) is 0 Å². The van der Waals surface area contributed by atoms with Crippen molar-refractivity contribution in [2.45, 2.75) is 6.42 Å². The molecule has 4 heteroatoms. The van der Waals surface area contributed by atoms with Crippen LogP contribution >= 0.6 is 11.8 Å². The Bertz CT molecular complexity index is 298. The van der Waals surface area contributed by atoms with Crippen LogP contribution in [0.15, 0.2) is 18.2 Å². The maximum Gasteiger partial charge on any atom is 0.214 e. The van der Waals surface area contributed by atoms with Gasteiger partial charge in [0.2, 0.25) is 5.95 Å². The van der Waals surface area contributed by atoms with Gasteiger partial charge in [-0.15, -0.1) is 0 Å². The summed E-state index contributed by atoms with van der Waals surface area (Å²) >= 11 is 1.96. The lowest BCUT2D eigenvalue weighted by Gasteiger charge is -2.20. The number of aromatic nitrogens is 1. The molecule has 0 bridgehead atoms. The highest BCUT2D eigenvalue weighted by Crippen LogP contribution is 2.16. The van der Waals surface area contributed by atoms with Gasteiger partial charge in [0.25, 0.3) is 0 Å². The smallest absolute Gasteiger partial charge is 0.214 e. The van der Waals surface area contributed by atoms with E-state index in [4.69, 9.17) is 0 Å². The van der Waals surface area contributed by atoms with Crippen molar-refractivity contribution in [2.75, 3.05) is 29.5 Å². The molecule has 1 fully saturated rings. The zero-order valence-electron chi connectivity index (χ0n) is 7.95. The largest absolute Gasteiger partial charge is 0.356 e. The van der Waals surface area contributed by atoms with E-state index in [1.165, 1.54) is 11.8 Å². The summed E-state index contributed by atoms with van der Waals surface area (Å²) in [5.74, 6) is 2.69. The first-order chi connectivity index (χ1) is 6.86. The molecule has 0 aliphatic carbocycles. The van der Waals surface area contributed by atoms with Crippen molar-refractivity contribution in [3.63, 3.8) is 0 Å². The van der Waals surface area contributed by atoms with Crippen molar-refractivity contribution in [1.29, 1.82) is 0 Å². The normalized spacial score (nSPS) is 17.9. The van der Waals surface area contributed by atoms with E-state index in [1.807, 2.05) is 17.8 Å². The van der Waals surface area contributed by atoms with Crippen LogP contribution in [0, 0.1) is 5.95 Å². The summed E-state index contributed by atoms with van der Waals surface area (Å²) in [6.07, 6.45) is 1.16. The van der Waals surface area contributed by atoms with E-state index in [0.717, 1.165) is 31.1 Å². The lowest BCUT2D eigenvalue weighted by Crippen LogP contribution is -2.26. The third-order valence-corrected chi connectivity index (χ3v) is 3.30. The highest BCUT2D eigenvalue weighted by molar-refractivity contribution is 7.99. The van der Waals surface area contributed by atoms with E-state index >= 15 is 0 Å². The number of thioether (sulfide) groups is 1. The van der Waals surface area contributed by atoms with Crippen LogP contribution in [-0.4, -0.2) is 29.6 Å². The van der Waals surface area contributed by atoms with Crippen LogP contribution in [0.2, 0.25) is 0 Å². The zero-order valence-corrected chi connectivity index (χ0v) is 8.76. The van der Waals surface area contributed by atoms with Crippen LogP contribution in [0.5, 0.6) is 0 Å². The van der Waals surface area contributed by atoms with Crippen molar-refractivity contribution < 1.29 is 4.39 Å². The van der Waals surface area contributed by atoms with Gasteiger partial charge in [-0.25, -0.2) is 4.98 Å². The van der Waals surface area contributed by atoms with Crippen LogP contribution in [0.25, 0.3) is 0 Å². The molecule has 1 aromatic rings. The Kier molecular flexibility index (Phi) is 3.24. The molecule has 0 saturated carbocycles. The summed E-state index contributed by atoms with van der Waals surface area (Å²) in [5, 5.41) is 0. The van der Waals surface area contributed by atoms with Gasteiger partial charge >= 0.3 is 0 Å². The lowest BCUT2D eigenvalue weighted by molar-refractivity contribution is 0.581. The van der Waals surface area contributed by atoms with E-state index in [2.05, 4.69) is 9.88 Å². The van der Waals surface area contributed by atoms with Crippen LogP contribution in [0.3, 0.4) is 0 Å². The van der Waals surface area contributed by atoms with Gasteiger partial charge in [-0.3, -0.25) is 0 Å². The minimum Gasteiger partial charge on any atom is -0.356 e. The highest BCUT2D eigenvalue weighted by Gasteiger charge is 2.11. The lowest BCUT2D eigenvalue weighted by atomic mass is 10.3. The fourth-order valence-electron chi connectivity index (χ4n) is 1.55. The van der Waals surface area contributed by atoms with Gasteiger partial charge in [0, 0.05) is 18.8 Å². The Morgan fingerprint density at radius 1 is 1.29 bits per heavy atom. The Morgan fingerprint density at radius 2 is 2.21 bits per heavy atom. The van der Waals surface area contributed by atoms with Crippen LogP contribution < -0.4 is 4.90 Å². The standard InChI is InChI=1S/C10H13FN2S/c11-9-3-1-4-10(12-9)13-5-2-7-14-8-6-13/h1,3-4H,2,5-8H2. The van der Waals surface area contributed by atoms with Crippen LogP contribution in [0.4, 0.5) is 10.2 Å². The Morgan fingerprint density at radius 3 is 3.07 bits per heavy atom. The van der Waals surface area contributed by atoms with Crippen molar-refractivity contribution in [2.24, 2.45) is 0 Å². The van der Waals surface area contributed by atoms with E-state index in [0.29, 0.717) is 0 Å². The van der Waals surface area contributed by atoms with Crippen LogP contribution in [0.1, 0.15) is 6.42 Å². The highest BCUT2D eigenvalue weighted by atomic mass is 32.2. The van der Waals surface area contributed by atoms with E-state index in [-0.39, 0.29) is 5.95 Å². The molecular weight excluding hydrogens is 199 g/mol. The summed E-state index contributed by atoms with van der Waals surface area (Å²) in [7, 11) is 0. The Balaban J connectivity index is 2.12. The van der Waals surface area contributed by atoms with E-state index in [1.54, 1.807) is 6.07 Å². The molecule has 0 spiro atoms. The molecule has 1 aliphatic rings. The fourth-order valence-corrected chi connectivity index (χ4v) is 2.44. The zero-order chi connectivity index (χ0) is 9.80. The second-order valence-electron chi connectivity index (χ2n) is 3.27. The van der Waals surface area contributed by atoms with Gasteiger partial charge in [0.1, 0.15) is 5.82 Å². The summed E-state index contributed by atoms with van der Waals surface area (Å²) in [6, 6.07) is 4.98. The third-order valence-electron chi connectivity index (χ3n) is 2.25. The molecule has 14 heavy (non-hydrogen) atoms. The van der Waals surface area contributed by atoms with Gasteiger partial charge in [-0.2, -0.15) is 16.2 Å². The predicted molar refractivity (Wildman–Crippen MR) is 58.4 cm³/mol. The van der Waals surface area contributed by atoms with Crippen molar-refractivity contribution >= 4 is 17.6 Å². The number of halogens is 1. The summed E-state index contributed by atoms with van der Waals surface area (Å²) in [6.45, 7) is 1.96. The summed E-state index contributed by atoms with van der Waals surface area (Å²) < 4.78 is 12.9. The van der Waals surface area contributed by atoms with Crippen molar-refractivity contribution in [1.82, 2.24) is 4.98 Å². The maximum absolute atomic E-state index is 12.9. The monoisotopic (exact) mass is 212 g/mol. The molecule has 76 valence electrons. The number of nitrogens with zero attached hydrogens (tertiary/aromatic N) is 2.